The van der Waals surface area contributed by atoms with Crippen molar-refractivity contribution in [3.63, 3.8) is 0 Å². The summed E-state index contributed by atoms with van der Waals surface area (Å²) in [7, 11) is 0. The van der Waals surface area contributed by atoms with Crippen LogP contribution in [0.5, 0.6) is 0 Å². The number of aryl methyl sites for hydroxylation is 1. The van der Waals surface area contributed by atoms with Crippen LogP contribution >= 0.6 is 11.8 Å². The maximum Gasteiger partial charge on any atom is 0.276 e. The highest BCUT2D eigenvalue weighted by Gasteiger charge is 2.25. The second kappa shape index (κ2) is 7.96. The monoisotopic (exact) mass is 379 g/mol. The number of amides is 1. The lowest BCUT2D eigenvalue weighted by Gasteiger charge is -2.19. The highest BCUT2D eigenvalue weighted by atomic mass is 32.2. The molecule has 27 heavy (non-hydrogen) atoms. The van der Waals surface area contributed by atoms with Crippen LogP contribution in [0.1, 0.15) is 33.3 Å². The third kappa shape index (κ3) is 3.90. The predicted octanol–water partition coefficient (Wildman–Crippen LogP) is 4.37. The quantitative estimate of drug-likeness (QED) is 0.676. The number of thioether (sulfide) groups is 1. The molecule has 2 aromatic heterocycles. The summed E-state index contributed by atoms with van der Waals surface area (Å²) in [6.45, 7) is 3.60. The van der Waals surface area contributed by atoms with Crippen LogP contribution in [0.4, 0.5) is 0 Å². The van der Waals surface area contributed by atoms with Gasteiger partial charge in [-0.2, -0.15) is 11.8 Å². The highest BCUT2D eigenvalue weighted by Crippen LogP contribution is 2.36. The van der Waals surface area contributed by atoms with Crippen LogP contribution in [0.15, 0.2) is 59.4 Å². The third-order valence-electron chi connectivity index (χ3n) is 4.84. The molecule has 1 atom stereocenters. The van der Waals surface area contributed by atoms with Gasteiger partial charge in [-0.3, -0.25) is 9.78 Å². The number of hydrogen-bond acceptors (Lipinski definition) is 5. The zero-order valence-corrected chi connectivity index (χ0v) is 16.0. The molecule has 3 aromatic rings. The molecule has 6 heteroatoms. The van der Waals surface area contributed by atoms with Crippen molar-refractivity contribution in [2.24, 2.45) is 0 Å². The number of benzene rings is 1. The van der Waals surface area contributed by atoms with Crippen LogP contribution < -0.4 is 0 Å². The Balaban J connectivity index is 1.46. The van der Waals surface area contributed by atoms with Crippen molar-refractivity contribution in [2.75, 3.05) is 18.8 Å². The molecule has 1 fully saturated rings. The maximum absolute atomic E-state index is 12.9. The van der Waals surface area contributed by atoms with Gasteiger partial charge in [0.25, 0.3) is 5.91 Å². The van der Waals surface area contributed by atoms with E-state index in [1.807, 2.05) is 28.8 Å². The fraction of sp³-hybridized carbons (Fsp3) is 0.286. The smallest absolute Gasteiger partial charge is 0.276 e. The molecule has 4 rings (SSSR count). The third-order valence-corrected chi connectivity index (χ3v) is 6.15. The van der Waals surface area contributed by atoms with Gasteiger partial charge in [-0.15, -0.1) is 0 Å². The van der Waals surface area contributed by atoms with Crippen LogP contribution in [-0.4, -0.2) is 39.8 Å². The predicted molar refractivity (Wildman–Crippen MR) is 107 cm³/mol. The molecule has 0 unspecified atom stereocenters. The van der Waals surface area contributed by atoms with E-state index in [1.165, 1.54) is 11.1 Å². The Morgan fingerprint density at radius 2 is 2.11 bits per heavy atom. The number of pyridine rings is 1. The molecule has 0 saturated carbocycles. The van der Waals surface area contributed by atoms with Gasteiger partial charge in [0.05, 0.1) is 0 Å². The fourth-order valence-electron chi connectivity index (χ4n) is 3.35. The van der Waals surface area contributed by atoms with Gasteiger partial charge in [0.1, 0.15) is 0 Å². The van der Waals surface area contributed by atoms with Crippen molar-refractivity contribution < 1.29 is 9.32 Å². The standard InChI is InChI=1S/C21H21N3O2S/c1-15-5-2-3-7-17(15)20-8-10-24(11-12-27-20)21(25)18-13-19(26-23-18)16-6-4-9-22-14-16/h2-7,9,13-14,20H,8,10-12H2,1H3/t20-/m1/s1. The molecule has 3 heterocycles. The summed E-state index contributed by atoms with van der Waals surface area (Å²) in [6, 6.07) is 13.9. The van der Waals surface area contributed by atoms with Gasteiger partial charge in [0.15, 0.2) is 11.5 Å². The minimum absolute atomic E-state index is 0.0695. The van der Waals surface area contributed by atoms with Gasteiger partial charge in [-0.25, -0.2) is 0 Å². The van der Waals surface area contributed by atoms with Crippen molar-refractivity contribution in [3.8, 4) is 11.3 Å². The van der Waals surface area contributed by atoms with Gasteiger partial charge in [0, 0.05) is 48.1 Å². The number of aromatic nitrogens is 2. The van der Waals surface area contributed by atoms with E-state index in [-0.39, 0.29) is 5.91 Å². The molecule has 0 radical (unpaired) electrons. The molecule has 1 saturated heterocycles. The molecule has 1 aliphatic heterocycles. The molecule has 5 nitrogen and oxygen atoms in total. The molecule has 1 aromatic carbocycles. The van der Waals surface area contributed by atoms with Crippen LogP contribution in [0, 0.1) is 6.92 Å². The summed E-state index contributed by atoms with van der Waals surface area (Å²) in [4.78, 5) is 18.8. The molecular weight excluding hydrogens is 358 g/mol. The number of nitrogens with zero attached hydrogens (tertiary/aromatic N) is 3. The Hall–Kier alpha value is -2.60. The van der Waals surface area contributed by atoms with Crippen LogP contribution in [0.2, 0.25) is 0 Å². The number of hydrogen-bond donors (Lipinski definition) is 0. The van der Waals surface area contributed by atoms with Crippen LogP contribution in [-0.2, 0) is 0 Å². The Morgan fingerprint density at radius 3 is 2.93 bits per heavy atom. The zero-order valence-electron chi connectivity index (χ0n) is 15.2. The van der Waals surface area contributed by atoms with Gasteiger partial charge in [-0.05, 0) is 36.6 Å². The minimum atomic E-state index is -0.0695. The van der Waals surface area contributed by atoms with Gasteiger partial charge < -0.3 is 9.42 Å². The minimum Gasteiger partial charge on any atom is -0.355 e. The van der Waals surface area contributed by atoms with E-state index in [2.05, 4.69) is 41.3 Å². The van der Waals surface area contributed by atoms with E-state index in [0.717, 1.165) is 30.8 Å². The number of carbonyl (C=O) groups is 1. The first-order valence-corrected chi connectivity index (χ1v) is 10.1. The van der Waals surface area contributed by atoms with Gasteiger partial charge in [0.2, 0.25) is 0 Å². The highest BCUT2D eigenvalue weighted by molar-refractivity contribution is 7.99. The second-order valence-corrected chi connectivity index (χ2v) is 7.93. The van der Waals surface area contributed by atoms with Crippen molar-refractivity contribution in [1.29, 1.82) is 0 Å². The summed E-state index contributed by atoms with van der Waals surface area (Å²) in [5.41, 5.74) is 3.85. The van der Waals surface area contributed by atoms with Crippen LogP contribution in [0.25, 0.3) is 11.3 Å². The first-order chi connectivity index (χ1) is 13.2. The van der Waals surface area contributed by atoms with E-state index >= 15 is 0 Å². The molecule has 0 spiro atoms. The van der Waals surface area contributed by atoms with E-state index < -0.39 is 0 Å². The summed E-state index contributed by atoms with van der Waals surface area (Å²) in [5.74, 6) is 1.41. The average molecular weight is 379 g/mol. The van der Waals surface area contributed by atoms with E-state index in [4.69, 9.17) is 4.52 Å². The number of rotatable bonds is 3. The Kier molecular flexibility index (Phi) is 5.25. The Bertz CT molecular complexity index is 926. The Labute approximate surface area is 162 Å². The lowest BCUT2D eigenvalue weighted by atomic mass is 10.0. The summed E-state index contributed by atoms with van der Waals surface area (Å²) in [6.07, 6.45) is 4.34. The van der Waals surface area contributed by atoms with Crippen LogP contribution in [0.3, 0.4) is 0 Å². The molecule has 1 amide bonds. The second-order valence-electron chi connectivity index (χ2n) is 6.61. The zero-order chi connectivity index (χ0) is 18.6. The van der Waals surface area contributed by atoms with Crippen molar-refractivity contribution >= 4 is 17.7 Å². The van der Waals surface area contributed by atoms with Crippen molar-refractivity contribution in [2.45, 2.75) is 18.6 Å². The van der Waals surface area contributed by atoms with E-state index in [0.29, 0.717) is 16.7 Å². The molecule has 0 aliphatic carbocycles. The average Bonchev–Trinajstić information content (AvgIpc) is 3.07. The van der Waals surface area contributed by atoms with Crippen molar-refractivity contribution in [3.05, 3.63) is 71.7 Å². The molecule has 0 bridgehead atoms. The van der Waals surface area contributed by atoms with Gasteiger partial charge in [-0.1, -0.05) is 29.4 Å². The maximum atomic E-state index is 12.9. The van der Waals surface area contributed by atoms with E-state index in [1.54, 1.807) is 18.5 Å². The lowest BCUT2D eigenvalue weighted by Crippen LogP contribution is -2.33. The summed E-state index contributed by atoms with van der Waals surface area (Å²) in [5, 5.41) is 4.41. The fourth-order valence-corrected chi connectivity index (χ4v) is 4.68. The largest absolute Gasteiger partial charge is 0.355 e. The SMILES string of the molecule is Cc1ccccc1[C@H]1CCN(C(=O)c2cc(-c3cccnc3)on2)CCS1. The summed E-state index contributed by atoms with van der Waals surface area (Å²) < 4.78 is 5.36. The Morgan fingerprint density at radius 1 is 1.22 bits per heavy atom. The number of carbonyl (C=O) groups excluding carboxylic acids is 1. The molecule has 1 aliphatic rings. The van der Waals surface area contributed by atoms with Gasteiger partial charge >= 0.3 is 0 Å². The first kappa shape index (κ1) is 17.8. The normalized spacial score (nSPS) is 17.5. The molecule has 0 N–H and O–H groups in total. The van der Waals surface area contributed by atoms with Crippen molar-refractivity contribution in [1.82, 2.24) is 15.0 Å². The first-order valence-electron chi connectivity index (χ1n) is 9.06. The van der Waals surface area contributed by atoms with E-state index in [9.17, 15) is 4.79 Å². The summed E-state index contributed by atoms with van der Waals surface area (Å²) >= 11 is 1.92. The molecular formula is C21H21N3O2S. The topological polar surface area (TPSA) is 59.2 Å². The molecule has 138 valence electrons. The lowest BCUT2D eigenvalue weighted by molar-refractivity contribution is 0.0756.